The van der Waals surface area contributed by atoms with Crippen molar-refractivity contribution in [2.24, 2.45) is 0 Å². The summed E-state index contributed by atoms with van der Waals surface area (Å²) in [5, 5.41) is 5.67. The van der Waals surface area contributed by atoms with E-state index in [2.05, 4.69) is 20.4 Å². The third kappa shape index (κ3) is 6.96. The van der Waals surface area contributed by atoms with Gasteiger partial charge in [-0.15, -0.1) is 0 Å². The molecule has 2 aromatic carbocycles. The molecule has 1 atom stereocenters. The zero-order chi connectivity index (χ0) is 22.9. The highest BCUT2D eigenvalue weighted by Gasteiger charge is 2.25. The Balaban J connectivity index is 1.38. The molecule has 1 aliphatic rings. The number of amides is 2. The molecular weight excluding hydrogens is 408 g/mol. The molecule has 8 heteroatoms. The number of hydrogen-bond donors (Lipinski definition) is 2. The second kappa shape index (κ2) is 11.5. The number of carbonyl (C=O) groups excluding carboxylic acids is 2. The van der Waals surface area contributed by atoms with Crippen LogP contribution < -0.4 is 20.1 Å². The van der Waals surface area contributed by atoms with Crippen molar-refractivity contribution >= 4 is 23.2 Å². The van der Waals surface area contributed by atoms with Crippen molar-refractivity contribution < 1.29 is 19.1 Å². The van der Waals surface area contributed by atoms with Gasteiger partial charge in [-0.3, -0.25) is 19.4 Å². The number of nitrogens with one attached hydrogen (secondary N) is 2. The van der Waals surface area contributed by atoms with Crippen molar-refractivity contribution in [2.45, 2.75) is 19.9 Å². The van der Waals surface area contributed by atoms with Gasteiger partial charge < -0.3 is 20.1 Å². The number of ether oxygens (including phenoxy) is 2. The number of hydrogen-bond acceptors (Lipinski definition) is 6. The van der Waals surface area contributed by atoms with Crippen LogP contribution in [0.4, 0.5) is 11.4 Å². The van der Waals surface area contributed by atoms with Crippen LogP contribution in [-0.2, 0) is 9.59 Å². The molecule has 0 saturated carbocycles. The highest BCUT2D eigenvalue weighted by Crippen LogP contribution is 2.17. The van der Waals surface area contributed by atoms with E-state index in [9.17, 15) is 9.59 Å². The van der Waals surface area contributed by atoms with Crippen LogP contribution in [0.15, 0.2) is 48.5 Å². The highest BCUT2D eigenvalue weighted by molar-refractivity contribution is 5.95. The third-order valence-corrected chi connectivity index (χ3v) is 5.54. The van der Waals surface area contributed by atoms with E-state index in [0.717, 1.165) is 44.2 Å². The average molecular weight is 441 g/mol. The first-order chi connectivity index (χ1) is 15.4. The molecule has 0 radical (unpaired) electrons. The molecule has 32 heavy (non-hydrogen) atoms. The molecule has 0 spiro atoms. The van der Waals surface area contributed by atoms with Gasteiger partial charge in [-0.05, 0) is 55.5 Å². The Morgan fingerprint density at radius 3 is 2.03 bits per heavy atom. The van der Waals surface area contributed by atoms with Gasteiger partial charge in [0.05, 0.1) is 13.2 Å². The molecule has 1 unspecified atom stereocenters. The first-order valence-corrected chi connectivity index (χ1v) is 10.9. The zero-order valence-electron chi connectivity index (χ0n) is 19.0. The van der Waals surface area contributed by atoms with Crippen molar-refractivity contribution in [3.05, 3.63) is 48.5 Å². The lowest BCUT2D eigenvalue weighted by Gasteiger charge is -2.37. The summed E-state index contributed by atoms with van der Waals surface area (Å²) in [7, 11) is 1.65. The van der Waals surface area contributed by atoms with E-state index in [0.29, 0.717) is 18.0 Å². The van der Waals surface area contributed by atoms with Crippen LogP contribution in [0.3, 0.4) is 0 Å². The first kappa shape index (κ1) is 23.6. The quantitative estimate of drug-likeness (QED) is 0.624. The summed E-state index contributed by atoms with van der Waals surface area (Å²) in [4.78, 5) is 28.3. The molecule has 2 aromatic rings. The Kier molecular flexibility index (Phi) is 8.47. The normalized spacial score (nSPS) is 15.6. The van der Waals surface area contributed by atoms with E-state index in [1.54, 1.807) is 31.4 Å². The van der Waals surface area contributed by atoms with Crippen LogP contribution in [-0.4, -0.2) is 74.1 Å². The van der Waals surface area contributed by atoms with Gasteiger partial charge in [-0.25, -0.2) is 0 Å². The SMILES string of the molecule is COc1ccc(OCCN2CCN(C(C)C(=O)Nc3ccc(NC(C)=O)cc3)CC2)cc1. The van der Waals surface area contributed by atoms with Crippen LogP contribution in [0, 0.1) is 0 Å². The van der Waals surface area contributed by atoms with Gasteiger partial charge in [-0.1, -0.05) is 0 Å². The van der Waals surface area contributed by atoms with Crippen molar-refractivity contribution in [2.75, 3.05) is 57.1 Å². The molecule has 8 nitrogen and oxygen atoms in total. The second-order valence-corrected chi connectivity index (χ2v) is 7.83. The lowest BCUT2D eigenvalue weighted by Crippen LogP contribution is -2.53. The van der Waals surface area contributed by atoms with Gasteiger partial charge in [-0.2, -0.15) is 0 Å². The zero-order valence-corrected chi connectivity index (χ0v) is 19.0. The number of benzene rings is 2. The Hall–Kier alpha value is -3.10. The Labute approximate surface area is 189 Å². The number of nitrogens with zero attached hydrogens (tertiary/aromatic N) is 2. The van der Waals surface area contributed by atoms with E-state index in [1.807, 2.05) is 31.2 Å². The maximum absolute atomic E-state index is 12.7. The first-order valence-electron chi connectivity index (χ1n) is 10.9. The molecular formula is C24H32N4O4. The summed E-state index contributed by atoms with van der Waals surface area (Å²) in [6.45, 7) is 8.33. The fourth-order valence-electron chi connectivity index (χ4n) is 3.59. The molecule has 3 rings (SSSR count). The second-order valence-electron chi connectivity index (χ2n) is 7.83. The number of carbonyl (C=O) groups is 2. The molecule has 1 saturated heterocycles. The third-order valence-electron chi connectivity index (χ3n) is 5.54. The smallest absolute Gasteiger partial charge is 0.241 e. The fourth-order valence-corrected chi connectivity index (χ4v) is 3.59. The molecule has 2 N–H and O–H groups in total. The highest BCUT2D eigenvalue weighted by atomic mass is 16.5. The van der Waals surface area contributed by atoms with Crippen molar-refractivity contribution in [1.29, 1.82) is 0 Å². The number of rotatable bonds is 9. The predicted molar refractivity (Wildman–Crippen MR) is 125 cm³/mol. The fraction of sp³-hybridized carbons (Fsp3) is 0.417. The topological polar surface area (TPSA) is 83.1 Å². The van der Waals surface area contributed by atoms with Crippen LogP contribution in [0.1, 0.15) is 13.8 Å². The molecule has 1 fully saturated rings. The van der Waals surface area contributed by atoms with Gasteiger partial charge in [0.25, 0.3) is 0 Å². The van der Waals surface area contributed by atoms with E-state index in [4.69, 9.17) is 9.47 Å². The standard InChI is InChI=1S/C24H32N4O4/c1-18(24(30)26-21-6-4-20(5-7-21)25-19(2)29)28-14-12-27(13-15-28)16-17-32-23-10-8-22(31-3)9-11-23/h4-11,18H,12-17H2,1-3H3,(H,25,29)(H,26,30). The van der Waals surface area contributed by atoms with Crippen molar-refractivity contribution in [3.63, 3.8) is 0 Å². The summed E-state index contributed by atoms with van der Waals surface area (Å²) in [5.74, 6) is 1.49. The number of piperazine rings is 1. The van der Waals surface area contributed by atoms with E-state index in [-0.39, 0.29) is 17.9 Å². The molecule has 1 heterocycles. The van der Waals surface area contributed by atoms with Crippen LogP contribution in [0.5, 0.6) is 11.5 Å². The van der Waals surface area contributed by atoms with Crippen LogP contribution >= 0.6 is 0 Å². The summed E-state index contributed by atoms with van der Waals surface area (Å²) >= 11 is 0. The number of anilines is 2. The molecule has 2 amide bonds. The van der Waals surface area contributed by atoms with E-state index < -0.39 is 0 Å². The van der Waals surface area contributed by atoms with E-state index >= 15 is 0 Å². The summed E-state index contributed by atoms with van der Waals surface area (Å²) in [6, 6.07) is 14.5. The molecule has 1 aliphatic heterocycles. The Bertz CT molecular complexity index is 878. The van der Waals surface area contributed by atoms with Gasteiger partial charge >= 0.3 is 0 Å². The van der Waals surface area contributed by atoms with Gasteiger partial charge in [0.1, 0.15) is 18.1 Å². The minimum absolute atomic E-state index is 0.0337. The molecule has 0 bridgehead atoms. The molecule has 0 aromatic heterocycles. The van der Waals surface area contributed by atoms with Gasteiger partial charge in [0.15, 0.2) is 0 Å². The lowest BCUT2D eigenvalue weighted by atomic mass is 10.2. The number of methoxy groups -OCH3 is 1. The largest absolute Gasteiger partial charge is 0.497 e. The summed E-state index contributed by atoms with van der Waals surface area (Å²) in [6.07, 6.45) is 0. The molecule has 172 valence electrons. The Morgan fingerprint density at radius 1 is 0.906 bits per heavy atom. The average Bonchev–Trinajstić information content (AvgIpc) is 2.80. The maximum atomic E-state index is 12.7. The minimum Gasteiger partial charge on any atom is -0.497 e. The predicted octanol–water partition coefficient (Wildman–Crippen LogP) is 2.68. The van der Waals surface area contributed by atoms with Crippen molar-refractivity contribution in [3.8, 4) is 11.5 Å². The lowest BCUT2D eigenvalue weighted by molar-refractivity contribution is -0.121. The Morgan fingerprint density at radius 2 is 1.47 bits per heavy atom. The van der Waals surface area contributed by atoms with Crippen LogP contribution in [0.2, 0.25) is 0 Å². The van der Waals surface area contributed by atoms with E-state index in [1.165, 1.54) is 6.92 Å². The van der Waals surface area contributed by atoms with Crippen molar-refractivity contribution in [1.82, 2.24) is 9.80 Å². The summed E-state index contributed by atoms with van der Waals surface area (Å²) < 4.78 is 11.0. The monoisotopic (exact) mass is 440 g/mol. The molecule has 0 aliphatic carbocycles. The maximum Gasteiger partial charge on any atom is 0.241 e. The van der Waals surface area contributed by atoms with Gasteiger partial charge in [0.2, 0.25) is 11.8 Å². The van der Waals surface area contributed by atoms with Crippen LogP contribution in [0.25, 0.3) is 0 Å². The summed E-state index contributed by atoms with van der Waals surface area (Å²) in [5.41, 5.74) is 1.42. The van der Waals surface area contributed by atoms with Gasteiger partial charge in [0, 0.05) is 51.0 Å². The minimum atomic E-state index is -0.220.